The Morgan fingerprint density at radius 3 is 1.29 bits per heavy atom. The molecule has 0 atom stereocenters. The lowest BCUT2D eigenvalue weighted by Gasteiger charge is -2.17. The first-order valence-electron chi connectivity index (χ1n) is 23.8. The summed E-state index contributed by atoms with van der Waals surface area (Å²) in [6, 6.07) is 85.9. The van der Waals surface area contributed by atoms with E-state index in [1.165, 1.54) is 10.8 Å². The van der Waals surface area contributed by atoms with Crippen molar-refractivity contribution in [1.82, 2.24) is 24.1 Å². The molecule has 3 heterocycles. The van der Waals surface area contributed by atoms with Crippen LogP contribution in [0.1, 0.15) is 11.1 Å². The number of hydrogen-bond donors (Lipinski definition) is 0. The third-order valence-corrected chi connectivity index (χ3v) is 13.7. The number of rotatable bonds is 8. The Kier molecular flexibility index (Phi) is 10.1. The summed E-state index contributed by atoms with van der Waals surface area (Å²) in [5.41, 5.74) is 16.3. The minimum atomic E-state index is 0.539. The molecule has 0 N–H and O–H groups in total. The SMILES string of the molecule is N#Cc1ccc(-c2ccc3c(c2)c2cc(-c4ccc(C#N)cc4)ccc2n3-c2ccc(-c3ccc4c5ccccc5n(-c5ccccc5)c4c3)cc2-c2nc(-c3ccccc3)nc(-c3ccccc3)n2)cc1. The van der Waals surface area contributed by atoms with Gasteiger partial charge in [0.2, 0.25) is 0 Å². The van der Waals surface area contributed by atoms with Gasteiger partial charge in [0.15, 0.2) is 17.5 Å². The van der Waals surface area contributed by atoms with Gasteiger partial charge in [0.25, 0.3) is 0 Å². The minimum absolute atomic E-state index is 0.539. The van der Waals surface area contributed by atoms with Crippen LogP contribution in [0, 0.1) is 22.7 Å². The average Bonchev–Trinajstić information content (AvgIpc) is 3.97. The second-order valence-corrected chi connectivity index (χ2v) is 17.9. The van der Waals surface area contributed by atoms with Gasteiger partial charge in [-0.05, 0) is 118 Å². The second-order valence-electron chi connectivity index (χ2n) is 17.9. The van der Waals surface area contributed by atoms with Crippen LogP contribution in [0.5, 0.6) is 0 Å². The molecule has 0 spiro atoms. The Hall–Kier alpha value is -10.2. The quantitative estimate of drug-likeness (QED) is 0.151. The number of para-hydroxylation sites is 2. The highest BCUT2D eigenvalue weighted by Crippen LogP contribution is 2.42. The maximum Gasteiger partial charge on any atom is 0.166 e. The van der Waals surface area contributed by atoms with E-state index in [4.69, 9.17) is 15.0 Å². The first-order valence-corrected chi connectivity index (χ1v) is 23.8. The van der Waals surface area contributed by atoms with Crippen LogP contribution in [0.15, 0.2) is 237 Å². The largest absolute Gasteiger partial charge is 0.309 e. The highest BCUT2D eigenvalue weighted by molar-refractivity contribution is 6.13. The number of fused-ring (bicyclic) bond motifs is 6. The smallest absolute Gasteiger partial charge is 0.166 e. The predicted molar refractivity (Wildman–Crippen MR) is 291 cm³/mol. The molecule has 0 saturated heterocycles. The van der Waals surface area contributed by atoms with Gasteiger partial charge in [-0.15, -0.1) is 0 Å². The van der Waals surface area contributed by atoms with E-state index in [2.05, 4.69) is 149 Å². The number of nitriles is 2. The van der Waals surface area contributed by atoms with E-state index in [-0.39, 0.29) is 0 Å². The van der Waals surface area contributed by atoms with E-state index >= 15 is 0 Å². The fraction of sp³-hybridized carbons (Fsp3) is 0. The van der Waals surface area contributed by atoms with Gasteiger partial charge in [-0.1, -0.05) is 152 Å². The van der Waals surface area contributed by atoms with Crippen molar-refractivity contribution in [2.75, 3.05) is 0 Å². The van der Waals surface area contributed by atoms with Crippen LogP contribution in [0.3, 0.4) is 0 Å². The molecule has 0 bridgehead atoms. The fourth-order valence-electron chi connectivity index (χ4n) is 10.1. The van der Waals surface area contributed by atoms with Gasteiger partial charge >= 0.3 is 0 Å². The molecule has 7 heteroatoms. The third kappa shape index (κ3) is 7.25. The van der Waals surface area contributed by atoms with Gasteiger partial charge in [0.05, 0.1) is 51.0 Å². The molecular formula is C65H39N7. The molecule has 3 aromatic heterocycles. The summed E-state index contributed by atoms with van der Waals surface area (Å²) >= 11 is 0. The van der Waals surface area contributed by atoms with Crippen LogP contribution in [-0.2, 0) is 0 Å². The average molecular weight is 918 g/mol. The number of benzene rings is 10. The molecule has 0 fully saturated rings. The van der Waals surface area contributed by atoms with E-state index in [0.717, 1.165) is 94.3 Å². The van der Waals surface area contributed by atoms with Gasteiger partial charge in [-0.3, -0.25) is 0 Å². The zero-order chi connectivity index (χ0) is 48.1. The lowest BCUT2D eigenvalue weighted by Crippen LogP contribution is -2.04. The number of nitrogens with zero attached hydrogens (tertiary/aromatic N) is 7. The van der Waals surface area contributed by atoms with Gasteiger partial charge in [0, 0.05) is 43.9 Å². The van der Waals surface area contributed by atoms with E-state index in [0.29, 0.717) is 28.6 Å². The van der Waals surface area contributed by atoms with Crippen molar-refractivity contribution < 1.29 is 0 Å². The molecule has 13 aromatic rings. The van der Waals surface area contributed by atoms with Crippen molar-refractivity contribution in [3.63, 3.8) is 0 Å². The maximum absolute atomic E-state index is 9.59. The number of hydrogen-bond acceptors (Lipinski definition) is 5. The fourth-order valence-corrected chi connectivity index (χ4v) is 10.1. The molecule has 7 nitrogen and oxygen atoms in total. The van der Waals surface area contributed by atoms with Crippen molar-refractivity contribution >= 4 is 43.6 Å². The minimum Gasteiger partial charge on any atom is -0.309 e. The molecule has 10 aromatic carbocycles. The molecule has 334 valence electrons. The Morgan fingerprint density at radius 1 is 0.292 bits per heavy atom. The second kappa shape index (κ2) is 17.4. The molecule has 0 unspecified atom stereocenters. The van der Waals surface area contributed by atoms with Crippen molar-refractivity contribution in [3.05, 3.63) is 248 Å². The molecule has 13 rings (SSSR count). The Morgan fingerprint density at radius 2 is 0.722 bits per heavy atom. The Labute approximate surface area is 415 Å². The zero-order valence-electron chi connectivity index (χ0n) is 38.6. The molecular weight excluding hydrogens is 879 g/mol. The van der Waals surface area contributed by atoms with Crippen LogP contribution >= 0.6 is 0 Å². The first kappa shape index (κ1) is 41.9. The summed E-state index contributed by atoms with van der Waals surface area (Å²) in [4.78, 5) is 15.8. The van der Waals surface area contributed by atoms with E-state index < -0.39 is 0 Å². The van der Waals surface area contributed by atoms with E-state index in [1.807, 2.05) is 109 Å². The Balaban J connectivity index is 1.09. The third-order valence-electron chi connectivity index (χ3n) is 13.7. The topological polar surface area (TPSA) is 96.1 Å². The molecule has 0 radical (unpaired) electrons. The lowest BCUT2D eigenvalue weighted by molar-refractivity contribution is 1.06. The summed E-state index contributed by atoms with van der Waals surface area (Å²) in [6.07, 6.45) is 0. The van der Waals surface area contributed by atoms with E-state index in [1.54, 1.807) is 0 Å². The molecule has 0 aliphatic rings. The monoisotopic (exact) mass is 917 g/mol. The zero-order valence-corrected chi connectivity index (χ0v) is 38.6. The van der Waals surface area contributed by atoms with E-state index in [9.17, 15) is 10.5 Å². The van der Waals surface area contributed by atoms with Crippen LogP contribution < -0.4 is 0 Å². The van der Waals surface area contributed by atoms with Crippen molar-refractivity contribution in [1.29, 1.82) is 10.5 Å². The van der Waals surface area contributed by atoms with Gasteiger partial charge in [-0.25, -0.2) is 15.0 Å². The van der Waals surface area contributed by atoms with Crippen LogP contribution in [0.25, 0.3) is 123 Å². The summed E-state index contributed by atoms with van der Waals surface area (Å²) in [7, 11) is 0. The summed E-state index contributed by atoms with van der Waals surface area (Å²) in [6.45, 7) is 0. The molecule has 0 aliphatic carbocycles. The maximum atomic E-state index is 9.59. The van der Waals surface area contributed by atoms with Crippen molar-refractivity contribution in [2.24, 2.45) is 0 Å². The van der Waals surface area contributed by atoms with Gasteiger partial charge < -0.3 is 9.13 Å². The van der Waals surface area contributed by atoms with Crippen LogP contribution in [0.4, 0.5) is 0 Å². The predicted octanol–water partition coefficient (Wildman–Crippen LogP) is 15.8. The van der Waals surface area contributed by atoms with Gasteiger partial charge in [-0.2, -0.15) is 10.5 Å². The molecule has 72 heavy (non-hydrogen) atoms. The highest BCUT2D eigenvalue weighted by atomic mass is 15.1. The number of aromatic nitrogens is 5. The Bertz CT molecular complexity index is 4140. The summed E-state index contributed by atoms with van der Waals surface area (Å²) in [5.74, 6) is 1.69. The van der Waals surface area contributed by atoms with Crippen molar-refractivity contribution in [2.45, 2.75) is 0 Å². The standard InChI is InChI=1S/C65H39N7/c66-40-42-20-24-44(25-21-42)48-29-33-59-55(36-48)56-37-49(45-26-22-43(41-67)23-27-45)30-34-60(56)72(59)61-35-31-50(51-28-32-54-53-18-10-11-19-58(53)71(62(54)39-51)52-16-8-3-9-17-52)38-57(61)65-69-63(46-12-4-1-5-13-46)68-64(70-65)47-14-6-2-7-15-47/h1-39H. The normalized spacial score (nSPS) is 11.3. The summed E-state index contributed by atoms with van der Waals surface area (Å²) < 4.78 is 4.68. The molecule has 0 amide bonds. The van der Waals surface area contributed by atoms with Crippen LogP contribution in [-0.4, -0.2) is 24.1 Å². The lowest BCUT2D eigenvalue weighted by atomic mass is 9.99. The highest BCUT2D eigenvalue weighted by Gasteiger charge is 2.22. The summed E-state index contributed by atoms with van der Waals surface area (Å²) in [5, 5.41) is 23.7. The molecule has 0 saturated carbocycles. The first-order chi connectivity index (χ1) is 35.6. The molecule has 0 aliphatic heterocycles. The van der Waals surface area contributed by atoms with Crippen LogP contribution in [0.2, 0.25) is 0 Å². The van der Waals surface area contributed by atoms with Crippen molar-refractivity contribution in [3.8, 4) is 91.1 Å². The van der Waals surface area contributed by atoms with Gasteiger partial charge in [0.1, 0.15) is 0 Å².